The lowest BCUT2D eigenvalue weighted by Gasteiger charge is -2.22. The summed E-state index contributed by atoms with van der Waals surface area (Å²) in [4.78, 5) is 29.0. The fourth-order valence-electron chi connectivity index (χ4n) is 4.37. The molecule has 2 aromatic carbocycles. The van der Waals surface area contributed by atoms with Crippen molar-refractivity contribution in [1.82, 2.24) is 10.2 Å². The number of fused-ring (bicyclic) bond motifs is 2. The van der Waals surface area contributed by atoms with Gasteiger partial charge in [0.1, 0.15) is 10.6 Å². The molecule has 0 fully saturated rings. The van der Waals surface area contributed by atoms with Gasteiger partial charge in [-0.05, 0) is 68.1 Å². The maximum Gasteiger partial charge on any atom is 0.297 e. The van der Waals surface area contributed by atoms with Gasteiger partial charge >= 0.3 is 0 Å². The summed E-state index contributed by atoms with van der Waals surface area (Å²) in [6.07, 6.45) is 1.64. The van der Waals surface area contributed by atoms with E-state index in [-0.39, 0.29) is 28.3 Å². The van der Waals surface area contributed by atoms with Gasteiger partial charge in [0, 0.05) is 6.42 Å². The Labute approximate surface area is 205 Å². The highest BCUT2D eigenvalue weighted by molar-refractivity contribution is 7.15. The zero-order chi connectivity index (χ0) is 24.9. The summed E-state index contributed by atoms with van der Waals surface area (Å²) in [6, 6.07) is 7.61. The third kappa shape index (κ3) is 3.76. The van der Waals surface area contributed by atoms with E-state index in [2.05, 4.69) is 10.2 Å². The van der Waals surface area contributed by atoms with Gasteiger partial charge in [0.2, 0.25) is 10.9 Å². The van der Waals surface area contributed by atoms with E-state index in [4.69, 9.17) is 9.15 Å². The monoisotopic (exact) mass is 491 g/mol. The molecule has 3 heterocycles. The Morgan fingerprint density at radius 3 is 2.63 bits per heavy atom. The number of phenols is 1. The van der Waals surface area contributed by atoms with Crippen molar-refractivity contribution in [2.75, 3.05) is 11.5 Å². The molecule has 2 aromatic heterocycles. The molecular formula is C26H25N3O5S. The van der Waals surface area contributed by atoms with Crippen LogP contribution in [0, 0.1) is 13.8 Å². The number of rotatable bonds is 6. The maximum atomic E-state index is 13.8. The summed E-state index contributed by atoms with van der Waals surface area (Å²) in [7, 11) is 0. The number of benzene rings is 2. The van der Waals surface area contributed by atoms with Gasteiger partial charge in [-0.15, -0.1) is 10.2 Å². The first-order valence-electron chi connectivity index (χ1n) is 11.5. The summed E-state index contributed by atoms with van der Waals surface area (Å²) in [5, 5.41) is 20.4. The van der Waals surface area contributed by atoms with Crippen molar-refractivity contribution in [3.05, 3.63) is 73.6 Å². The average Bonchev–Trinajstić information content (AvgIpc) is 3.40. The summed E-state index contributed by atoms with van der Waals surface area (Å²) in [6.45, 7) is 8.07. The van der Waals surface area contributed by atoms with Crippen LogP contribution in [-0.2, 0) is 6.42 Å². The van der Waals surface area contributed by atoms with E-state index in [0.717, 1.165) is 29.0 Å². The van der Waals surface area contributed by atoms with Crippen molar-refractivity contribution in [3.63, 3.8) is 0 Å². The highest BCUT2D eigenvalue weighted by atomic mass is 32.1. The topological polar surface area (TPSA) is 106 Å². The van der Waals surface area contributed by atoms with E-state index in [1.165, 1.54) is 22.3 Å². The Hall–Kier alpha value is -3.72. The fraction of sp³-hybridized carbons (Fsp3) is 0.308. The van der Waals surface area contributed by atoms with Gasteiger partial charge in [-0.25, -0.2) is 0 Å². The molecule has 0 spiro atoms. The fourth-order valence-corrected chi connectivity index (χ4v) is 5.34. The highest BCUT2D eigenvalue weighted by Crippen LogP contribution is 2.44. The van der Waals surface area contributed by atoms with Crippen molar-refractivity contribution in [1.29, 1.82) is 0 Å². The smallest absolute Gasteiger partial charge is 0.297 e. The number of amides is 1. The number of anilines is 1. The molecule has 1 N–H and O–H groups in total. The zero-order valence-electron chi connectivity index (χ0n) is 19.9. The number of aromatic nitrogens is 2. The molecule has 180 valence electrons. The molecular weight excluding hydrogens is 466 g/mol. The van der Waals surface area contributed by atoms with Crippen LogP contribution in [0.3, 0.4) is 0 Å². The van der Waals surface area contributed by atoms with Gasteiger partial charge in [-0.2, -0.15) is 0 Å². The van der Waals surface area contributed by atoms with E-state index in [1.54, 1.807) is 24.3 Å². The van der Waals surface area contributed by atoms with E-state index >= 15 is 0 Å². The number of hydrogen-bond donors (Lipinski definition) is 1. The number of aromatic hydroxyl groups is 1. The minimum atomic E-state index is -0.804. The molecule has 1 atom stereocenters. The maximum absolute atomic E-state index is 13.8. The second-order valence-corrected chi connectivity index (χ2v) is 9.61. The quantitative estimate of drug-likeness (QED) is 0.401. The van der Waals surface area contributed by atoms with E-state index in [9.17, 15) is 14.7 Å². The molecule has 1 aliphatic rings. The van der Waals surface area contributed by atoms with E-state index in [0.29, 0.717) is 28.3 Å². The number of carbonyl (C=O) groups excluding carboxylic acids is 1. The summed E-state index contributed by atoms with van der Waals surface area (Å²) in [5.74, 6) is -0.211. The molecule has 9 heteroatoms. The molecule has 1 amide bonds. The summed E-state index contributed by atoms with van der Waals surface area (Å²) in [5.41, 5.74) is 2.86. The largest absolute Gasteiger partial charge is 0.504 e. The summed E-state index contributed by atoms with van der Waals surface area (Å²) >= 11 is 1.32. The first-order chi connectivity index (χ1) is 16.8. The van der Waals surface area contributed by atoms with Crippen LogP contribution in [0.2, 0.25) is 0 Å². The molecule has 0 bridgehead atoms. The second kappa shape index (κ2) is 8.81. The van der Waals surface area contributed by atoms with Crippen LogP contribution in [-0.4, -0.2) is 27.8 Å². The van der Waals surface area contributed by atoms with Crippen LogP contribution in [0.25, 0.3) is 11.0 Å². The van der Waals surface area contributed by atoms with Crippen molar-refractivity contribution >= 4 is 33.3 Å². The van der Waals surface area contributed by atoms with Crippen LogP contribution < -0.4 is 15.1 Å². The Morgan fingerprint density at radius 2 is 1.89 bits per heavy atom. The normalized spacial score (nSPS) is 15.1. The SMILES string of the molecule is CCCc1nnc(N2C(=O)c3oc4cc(C)c(C)cc4c(=O)c3C2c2ccc(O)c(OCC)c2)s1. The van der Waals surface area contributed by atoms with Gasteiger partial charge in [-0.1, -0.05) is 24.3 Å². The van der Waals surface area contributed by atoms with E-state index < -0.39 is 11.9 Å². The van der Waals surface area contributed by atoms with Gasteiger partial charge in [0.05, 0.1) is 23.6 Å². The number of hydrogen-bond acceptors (Lipinski definition) is 8. The number of carbonyl (C=O) groups is 1. The number of ether oxygens (including phenoxy) is 1. The lowest BCUT2D eigenvalue weighted by molar-refractivity contribution is 0.0970. The minimum absolute atomic E-state index is 0.00553. The van der Waals surface area contributed by atoms with Crippen LogP contribution in [0.1, 0.15) is 64.1 Å². The molecule has 0 saturated carbocycles. The highest BCUT2D eigenvalue weighted by Gasteiger charge is 2.45. The zero-order valence-corrected chi connectivity index (χ0v) is 20.7. The Bertz CT molecular complexity index is 1520. The van der Waals surface area contributed by atoms with Crippen molar-refractivity contribution in [2.45, 2.75) is 46.6 Å². The Morgan fingerprint density at radius 1 is 1.11 bits per heavy atom. The number of aryl methyl sites for hydroxylation is 3. The van der Waals surface area contributed by atoms with E-state index in [1.807, 2.05) is 27.7 Å². The van der Waals surface area contributed by atoms with Gasteiger partial charge < -0.3 is 14.3 Å². The van der Waals surface area contributed by atoms with Crippen molar-refractivity contribution in [2.24, 2.45) is 0 Å². The lowest BCUT2D eigenvalue weighted by atomic mass is 9.97. The van der Waals surface area contributed by atoms with Crippen molar-refractivity contribution in [3.8, 4) is 11.5 Å². The molecule has 0 aliphatic carbocycles. The summed E-state index contributed by atoms with van der Waals surface area (Å²) < 4.78 is 11.7. The molecule has 35 heavy (non-hydrogen) atoms. The standard InChI is InChI=1S/C26H25N3O5S/c1-5-7-20-27-28-26(35-20)29-22(15-8-9-17(30)19(12-15)33-6-2)21-23(31)16-10-13(3)14(4)11-18(16)34-24(21)25(29)32/h8-12,22,30H,5-7H2,1-4H3. The first-order valence-corrected chi connectivity index (χ1v) is 12.3. The average molecular weight is 492 g/mol. The molecule has 4 aromatic rings. The Balaban J connectivity index is 1.77. The van der Waals surface area contributed by atoms with Crippen LogP contribution in [0.5, 0.6) is 11.5 Å². The number of nitrogens with zero attached hydrogens (tertiary/aromatic N) is 3. The molecule has 5 rings (SSSR count). The van der Waals surface area contributed by atoms with Crippen LogP contribution in [0.15, 0.2) is 39.5 Å². The van der Waals surface area contributed by atoms with Crippen LogP contribution in [0.4, 0.5) is 5.13 Å². The predicted octanol–water partition coefficient (Wildman–Crippen LogP) is 5.07. The Kier molecular flexibility index (Phi) is 5.80. The van der Waals surface area contributed by atoms with Gasteiger partial charge in [0.25, 0.3) is 5.91 Å². The van der Waals surface area contributed by atoms with Crippen LogP contribution >= 0.6 is 11.3 Å². The van der Waals surface area contributed by atoms with Gasteiger partial charge in [0.15, 0.2) is 16.9 Å². The first kappa shape index (κ1) is 23.0. The molecule has 0 radical (unpaired) electrons. The van der Waals surface area contributed by atoms with Gasteiger partial charge in [-0.3, -0.25) is 14.5 Å². The molecule has 8 nitrogen and oxygen atoms in total. The minimum Gasteiger partial charge on any atom is -0.504 e. The third-order valence-corrected chi connectivity index (χ3v) is 7.19. The predicted molar refractivity (Wildman–Crippen MR) is 134 cm³/mol. The third-order valence-electron chi connectivity index (χ3n) is 6.21. The van der Waals surface area contributed by atoms with Crippen molar-refractivity contribution < 1.29 is 19.1 Å². The molecule has 1 aliphatic heterocycles. The second-order valence-electron chi connectivity index (χ2n) is 8.57. The number of phenolic OH excluding ortho intramolecular Hbond substituents is 1. The molecule has 0 saturated heterocycles. The molecule has 1 unspecified atom stereocenters. The lowest BCUT2D eigenvalue weighted by Crippen LogP contribution is -2.29.